The van der Waals surface area contributed by atoms with Crippen LogP contribution >= 0.6 is 11.3 Å². The number of amides is 1. The first-order valence-electron chi connectivity index (χ1n) is 6.53. The van der Waals surface area contributed by atoms with Crippen LogP contribution < -0.4 is 11.1 Å². The van der Waals surface area contributed by atoms with Gasteiger partial charge in [-0.05, 0) is 43.9 Å². The van der Waals surface area contributed by atoms with E-state index in [1.165, 1.54) is 9.75 Å². The van der Waals surface area contributed by atoms with Crippen molar-refractivity contribution < 1.29 is 4.79 Å². The van der Waals surface area contributed by atoms with Gasteiger partial charge in [0.1, 0.15) is 0 Å². The molecule has 18 heavy (non-hydrogen) atoms. The molecule has 0 saturated carbocycles. The van der Waals surface area contributed by atoms with Crippen LogP contribution in [0.1, 0.15) is 36.4 Å². The topological polar surface area (TPSA) is 55.1 Å². The third-order valence-corrected chi connectivity index (χ3v) is 3.87. The third-order valence-electron chi connectivity index (χ3n) is 2.87. The van der Waals surface area contributed by atoms with Crippen LogP contribution in [0.3, 0.4) is 0 Å². The second kappa shape index (κ2) is 7.54. The molecule has 4 heteroatoms. The molecule has 0 radical (unpaired) electrons. The van der Waals surface area contributed by atoms with Crippen molar-refractivity contribution >= 4 is 17.2 Å². The zero-order chi connectivity index (χ0) is 13.5. The zero-order valence-corrected chi connectivity index (χ0v) is 12.3. The van der Waals surface area contributed by atoms with Gasteiger partial charge in [0.25, 0.3) is 0 Å². The van der Waals surface area contributed by atoms with Crippen molar-refractivity contribution in [1.82, 2.24) is 5.32 Å². The number of thiophene rings is 1. The van der Waals surface area contributed by atoms with Crippen LogP contribution in [0.2, 0.25) is 0 Å². The maximum Gasteiger partial charge on any atom is 0.220 e. The summed E-state index contributed by atoms with van der Waals surface area (Å²) in [5.74, 6) is 0.999. The van der Waals surface area contributed by atoms with Gasteiger partial charge in [0, 0.05) is 16.2 Å². The van der Waals surface area contributed by atoms with E-state index in [4.69, 9.17) is 5.73 Å². The number of hydrogen-bond acceptors (Lipinski definition) is 3. The Hall–Kier alpha value is -0.870. The Balaban J connectivity index is 2.32. The van der Waals surface area contributed by atoms with Gasteiger partial charge in [-0.1, -0.05) is 13.8 Å². The van der Waals surface area contributed by atoms with Gasteiger partial charge < -0.3 is 11.1 Å². The summed E-state index contributed by atoms with van der Waals surface area (Å²) in [6.45, 7) is 7.62. The summed E-state index contributed by atoms with van der Waals surface area (Å²) in [7, 11) is 0. The first-order valence-corrected chi connectivity index (χ1v) is 7.35. The Labute approximate surface area is 114 Å². The summed E-state index contributed by atoms with van der Waals surface area (Å²) >= 11 is 1.73. The van der Waals surface area contributed by atoms with Crippen molar-refractivity contribution in [1.29, 1.82) is 0 Å². The molecule has 1 rings (SSSR count). The lowest BCUT2D eigenvalue weighted by Crippen LogP contribution is -2.28. The lowest BCUT2D eigenvalue weighted by Gasteiger charge is -2.16. The standard InChI is InChI=1S/C14H24N2OS/c1-10(2)6-12(8-15)7-14(17)16-9-13-5-4-11(3)18-13/h4-5,10,12H,6-9,15H2,1-3H3,(H,16,17)/t12-/m0/s1. The molecule has 0 aliphatic rings. The van der Waals surface area contributed by atoms with Gasteiger partial charge >= 0.3 is 0 Å². The van der Waals surface area contributed by atoms with E-state index in [0.717, 1.165) is 6.42 Å². The van der Waals surface area contributed by atoms with Crippen LogP contribution in [0.4, 0.5) is 0 Å². The number of carbonyl (C=O) groups excluding carboxylic acids is 1. The highest BCUT2D eigenvalue weighted by Crippen LogP contribution is 2.16. The molecule has 0 spiro atoms. The van der Waals surface area contributed by atoms with Gasteiger partial charge in [0.05, 0.1) is 6.54 Å². The highest BCUT2D eigenvalue weighted by atomic mass is 32.1. The van der Waals surface area contributed by atoms with Crippen LogP contribution in [-0.2, 0) is 11.3 Å². The summed E-state index contributed by atoms with van der Waals surface area (Å²) in [5.41, 5.74) is 5.70. The summed E-state index contributed by atoms with van der Waals surface area (Å²) in [6, 6.07) is 4.14. The van der Waals surface area contributed by atoms with Crippen LogP contribution in [0, 0.1) is 18.8 Å². The van der Waals surface area contributed by atoms with Gasteiger partial charge in [-0.3, -0.25) is 4.79 Å². The first kappa shape index (κ1) is 15.2. The molecule has 0 bridgehead atoms. The average Bonchev–Trinajstić information content (AvgIpc) is 2.71. The SMILES string of the molecule is Cc1ccc(CNC(=O)C[C@@H](CN)CC(C)C)s1. The van der Waals surface area contributed by atoms with Gasteiger partial charge in [-0.15, -0.1) is 11.3 Å². The predicted molar refractivity (Wildman–Crippen MR) is 77.5 cm³/mol. The fourth-order valence-corrected chi connectivity index (χ4v) is 2.86. The van der Waals surface area contributed by atoms with E-state index in [0.29, 0.717) is 31.3 Å². The van der Waals surface area contributed by atoms with E-state index < -0.39 is 0 Å². The highest BCUT2D eigenvalue weighted by molar-refractivity contribution is 7.11. The van der Waals surface area contributed by atoms with Crippen molar-refractivity contribution in [3.05, 3.63) is 21.9 Å². The van der Waals surface area contributed by atoms with Crippen molar-refractivity contribution in [3.8, 4) is 0 Å². The van der Waals surface area contributed by atoms with Crippen molar-refractivity contribution in [3.63, 3.8) is 0 Å². The molecule has 0 unspecified atom stereocenters. The largest absolute Gasteiger partial charge is 0.351 e. The molecule has 3 N–H and O–H groups in total. The first-order chi connectivity index (χ1) is 8.51. The predicted octanol–water partition coefficient (Wildman–Crippen LogP) is 2.68. The minimum absolute atomic E-state index is 0.108. The van der Waals surface area contributed by atoms with E-state index >= 15 is 0 Å². The highest BCUT2D eigenvalue weighted by Gasteiger charge is 2.13. The fourth-order valence-electron chi connectivity index (χ4n) is 2.03. The monoisotopic (exact) mass is 268 g/mol. The second-order valence-corrected chi connectivity index (χ2v) is 6.60. The zero-order valence-electron chi connectivity index (χ0n) is 11.5. The van der Waals surface area contributed by atoms with Gasteiger partial charge in [0.2, 0.25) is 5.91 Å². The Kier molecular flexibility index (Phi) is 6.36. The Morgan fingerprint density at radius 2 is 2.17 bits per heavy atom. The summed E-state index contributed by atoms with van der Waals surface area (Å²) in [5, 5.41) is 2.97. The van der Waals surface area contributed by atoms with E-state index in [-0.39, 0.29) is 5.91 Å². The molecule has 1 heterocycles. The Morgan fingerprint density at radius 3 is 2.67 bits per heavy atom. The van der Waals surface area contributed by atoms with Crippen LogP contribution in [0.25, 0.3) is 0 Å². The van der Waals surface area contributed by atoms with Crippen LogP contribution in [0.15, 0.2) is 12.1 Å². The molecule has 0 aliphatic heterocycles. The molecule has 1 aromatic heterocycles. The Morgan fingerprint density at radius 1 is 1.44 bits per heavy atom. The normalized spacial score (nSPS) is 12.7. The number of aryl methyl sites for hydroxylation is 1. The fraction of sp³-hybridized carbons (Fsp3) is 0.643. The summed E-state index contributed by atoms with van der Waals surface area (Å²) in [6.07, 6.45) is 1.56. The smallest absolute Gasteiger partial charge is 0.220 e. The maximum atomic E-state index is 11.8. The number of carbonyl (C=O) groups is 1. The van der Waals surface area contributed by atoms with Crippen molar-refractivity contribution in [2.45, 2.75) is 40.2 Å². The molecule has 1 amide bonds. The van der Waals surface area contributed by atoms with Crippen LogP contribution in [-0.4, -0.2) is 12.5 Å². The van der Waals surface area contributed by atoms with E-state index in [9.17, 15) is 4.79 Å². The molecule has 0 aromatic carbocycles. The molecular weight excluding hydrogens is 244 g/mol. The van der Waals surface area contributed by atoms with E-state index in [2.05, 4.69) is 38.2 Å². The van der Waals surface area contributed by atoms with Crippen molar-refractivity contribution in [2.24, 2.45) is 17.6 Å². The number of nitrogens with one attached hydrogen (secondary N) is 1. The lowest BCUT2D eigenvalue weighted by molar-refractivity contribution is -0.122. The van der Waals surface area contributed by atoms with E-state index in [1.807, 2.05) is 0 Å². The molecule has 0 aliphatic carbocycles. The van der Waals surface area contributed by atoms with Gasteiger partial charge in [0.15, 0.2) is 0 Å². The molecule has 102 valence electrons. The molecule has 0 fully saturated rings. The third kappa shape index (κ3) is 5.65. The summed E-state index contributed by atoms with van der Waals surface area (Å²) < 4.78 is 0. The maximum absolute atomic E-state index is 11.8. The lowest BCUT2D eigenvalue weighted by atomic mass is 9.94. The minimum Gasteiger partial charge on any atom is -0.351 e. The molecule has 1 aromatic rings. The van der Waals surface area contributed by atoms with Crippen LogP contribution in [0.5, 0.6) is 0 Å². The quantitative estimate of drug-likeness (QED) is 0.799. The second-order valence-electron chi connectivity index (χ2n) is 5.22. The Bertz CT molecular complexity index is 374. The van der Waals surface area contributed by atoms with Gasteiger partial charge in [-0.25, -0.2) is 0 Å². The molecule has 1 atom stereocenters. The molecular formula is C14H24N2OS. The number of hydrogen-bond donors (Lipinski definition) is 2. The van der Waals surface area contributed by atoms with Gasteiger partial charge in [-0.2, -0.15) is 0 Å². The molecule has 0 saturated heterocycles. The average molecular weight is 268 g/mol. The summed E-state index contributed by atoms with van der Waals surface area (Å²) in [4.78, 5) is 14.3. The van der Waals surface area contributed by atoms with Crippen molar-refractivity contribution in [2.75, 3.05) is 6.54 Å². The number of nitrogens with two attached hydrogens (primary N) is 1. The van der Waals surface area contributed by atoms with E-state index in [1.54, 1.807) is 11.3 Å². The minimum atomic E-state index is 0.108. The number of rotatable bonds is 7. The molecule has 3 nitrogen and oxygen atoms in total.